The number of hydrogen-bond acceptors (Lipinski definition) is 5. The molecule has 1 aromatic heterocycles. The minimum Gasteiger partial charge on any atom is -0.423 e. The number of thioether (sulfide) groups is 1. The molecule has 1 N–H and O–H groups in total. The molecule has 0 fully saturated rings. The summed E-state index contributed by atoms with van der Waals surface area (Å²) in [5.74, 6) is 2.33. The van der Waals surface area contributed by atoms with Gasteiger partial charge in [0.15, 0.2) is 0 Å². The average molecular weight is 277 g/mol. The van der Waals surface area contributed by atoms with Gasteiger partial charge in [0.2, 0.25) is 18.2 Å². The van der Waals surface area contributed by atoms with Crippen LogP contribution in [0.2, 0.25) is 0 Å². The van der Waals surface area contributed by atoms with E-state index in [9.17, 15) is 4.79 Å². The van der Waals surface area contributed by atoms with Gasteiger partial charge in [0.25, 0.3) is 0 Å². The average Bonchev–Trinajstić information content (AvgIpc) is 2.93. The molecular weight excluding hydrogens is 262 g/mol. The highest BCUT2D eigenvalue weighted by Gasteiger charge is 2.06. The maximum Gasteiger partial charge on any atom is 0.247 e. The number of benzene rings is 1. The van der Waals surface area contributed by atoms with Crippen LogP contribution in [0.4, 0.5) is 5.69 Å². The van der Waals surface area contributed by atoms with Crippen LogP contribution in [0.5, 0.6) is 0 Å². The lowest BCUT2D eigenvalue weighted by Gasteiger charge is -2.05. The predicted molar refractivity (Wildman–Crippen MR) is 76.0 cm³/mol. The molecule has 0 saturated carbocycles. The Morgan fingerprint density at radius 3 is 3.11 bits per heavy atom. The first-order valence-corrected chi connectivity index (χ1v) is 7.19. The van der Waals surface area contributed by atoms with Crippen LogP contribution in [-0.2, 0) is 4.79 Å². The van der Waals surface area contributed by atoms with Crippen LogP contribution in [-0.4, -0.2) is 27.6 Å². The number of amides is 1. The van der Waals surface area contributed by atoms with Crippen LogP contribution in [0.15, 0.2) is 35.1 Å². The number of carbonyl (C=O) groups is 1. The molecule has 2 rings (SSSR count). The van der Waals surface area contributed by atoms with Gasteiger partial charge >= 0.3 is 0 Å². The molecule has 100 valence electrons. The van der Waals surface area contributed by atoms with Crippen LogP contribution in [0.3, 0.4) is 0 Å². The van der Waals surface area contributed by atoms with Gasteiger partial charge in [-0.2, -0.15) is 11.8 Å². The highest BCUT2D eigenvalue weighted by molar-refractivity contribution is 7.99. The Balaban J connectivity index is 1.97. The fourth-order valence-corrected chi connectivity index (χ4v) is 2.18. The molecule has 1 amide bonds. The largest absolute Gasteiger partial charge is 0.423 e. The van der Waals surface area contributed by atoms with E-state index < -0.39 is 0 Å². The summed E-state index contributed by atoms with van der Waals surface area (Å²) in [4.78, 5) is 11.7. The Hall–Kier alpha value is -1.82. The minimum absolute atomic E-state index is 0.0172. The van der Waals surface area contributed by atoms with E-state index in [1.165, 1.54) is 6.39 Å². The van der Waals surface area contributed by atoms with E-state index in [1.807, 2.05) is 24.3 Å². The van der Waals surface area contributed by atoms with Gasteiger partial charge in [-0.05, 0) is 24.0 Å². The van der Waals surface area contributed by atoms with Crippen molar-refractivity contribution in [1.82, 2.24) is 10.2 Å². The van der Waals surface area contributed by atoms with Gasteiger partial charge in [-0.1, -0.05) is 13.0 Å². The Bertz CT molecular complexity index is 528. The summed E-state index contributed by atoms with van der Waals surface area (Å²) in [6, 6.07) is 7.36. The predicted octanol–water partition coefficient (Wildman–Crippen LogP) is 2.82. The third-order valence-electron chi connectivity index (χ3n) is 2.43. The summed E-state index contributed by atoms with van der Waals surface area (Å²) in [7, 11) is 0. The third-order valence-corrected chi connectivity index (χ3v) is 3.33. The molecule has 0 radical (unpaired) electrons. The van der Waals surface area contributed by atoms with Crippen LogP contribution >= 0.6 is 11.8 Å². The van der Waals surface area contributed by atoms with E-state index >= 15 is 0 Å². The first-order valence-electron chi connectivity index (χ1n) is 6.04. The first-order chi connectivity index (χ1) is 9.29. The van der Waals surface area contributed by atoms with Crippen molar-refractivity contribution in [3.05, 3.63) is 30.7 Å². The maximum absolute atomic E-state index is 11.7. The van der Waals surface area contributed by atoms with Crippen LogP contribution in [0.25, 0.3) is 11.5 Å². The maximum atomic E-state index is 11.7. The molecule has 0 bridgehead atoms. The van der Waals surface area contributed by atoms with Gasteiger partial charge in [0.1, 0.15) is 0 Å². The van der Waals surface area contributed by atoms with E-state index in [2.05, 4.69) is 22.4 Å². The zero-order chi connectivity index (χ0) is 13.5. The van der Waals surface area contributed by atoms with Gasteiger partial charge in [0.05, 0.1) is 0 Å². The number of nitrogens with one attached hydrogen (secondary N) is 1. The summed E-state index contributed by atoms with van der Waals surface area (Å²) in [5, 5.41) is 10.3. The zero-order valence-electron chi connectivity index (χ0n) is 10.6. The van der Waals surface area contributed by atoms with Gasteiger partial charge in [-0.25, -0.2) is 0 Å². The molecule has 0 saturated heterocycles. The smallest absolute Gasteiger partial charge is 0.247 e. The SMILES string of the molecule is CCSCCC(=O)Nc1cccc(-c2nnco2)c1. The third kappa shape index (κ3) is 4.10. The Kier molecular flexibility index (Phi) is 4.97. The summed E-state index contributed by atoms with van der Waals surface area (Å²) in [5.41, 5.74) is 1.53. The molecule has 0 aliphatic carbocycles. The van der Waals surface area contributed by atoms with Gasteiger partial charge < -0.3 is 9.73 Å². The van der Waals surface area contributed by atoms with Crippen molar-refractivity contribution in [3.63, 3.8) is 0 Å². The van der Waals surface area contributed by atoms with Gasteiger partial charge in [0, 0.05) is 23.4 Å². The number of hydrogen-bond donors (Lipinski definition) is 1. The molecule has 0 unspecified atom stereocenters. The lowest BCUT2D eigenvalue weighted by atomic mass is 10.2. The second-order valence-corrected chi connectivity index (χ2v) is 5.21. The van der Waals surface area contributed by atoms with E-state index in [-0.39, 0.29) is 5.91 Å². The minimum atomic E-state index is 0.0172. The van der Waals surface area contributed by atoms with E-state index in [4.69, 9.17) is 4.42 Å². The summed E-state index contributed by atoms with van der Waals surface area (Å²) >= 11 is 1.75. The van der Waals surface area contributed by atoms with Crippen LogP contribution in [0.1, 0.15) is 13.3 Å². The molecule has 5 nitrogen and oxygen atoms in total. The van der Waals surface area contributed by atoms with E-state index in [0.717, 1.165) is 22.8 Å². The quantitative estimate of drug-likeness (QED) is 0.822. The van der Waals surface area contributed by atoms with Crippen molar-refractivity contribution in [2.24, 2.45) is 0 Å². The lowest BCUT2D eigenvalue weighted by Crippen LogP contribution is -2.12. The Morgan fingerprint density at radius 1 is 1.47 bits per heavy atom. The van der Waals surface area contributed by atoms with Crippen LogP contribution < -0.4 is 5.32 Å². The molecule has 0 atom stereocenters. The Morgan fingerprint density at radius 2 is 2.37 bits per heavy atom. The molecule has 6 heteroatoms. The van der Waals surface area contributed by atoms with E-state index in [0.29, 0.717) is 12.3 Å². The Labute approximate surface area is 115 Å². The number of rotatable bonds is 6. The molecule has 0 aliphatic heterocycles. The number of anilines is 1. The molecule has 1 aromatic carbocycles. The summed E-state index contributed by atoms with van der Waals surface area (Å²) < 4.78 is 5.12. The second-order valence-electron chi connectivity index (χ2n) is 3.82. The second kappa shape index (κ2) is 6.94. The molecular formula is C13H15N3O2S. The summed E-state index contributed by atoms with van der Waals surface area (Å²) in [6.07, 6.45) is 1.80. The van der Waals surface area contributed by atoms with Crippen molar-refractivity contribution >= 4 is 23.4 Å². The molecule has 1 heterocycles. The number of nitrogens with zero attached hydrogens (tertiary/aromatic N) is 2. The lowest BCUT2D eigenvalue weighted by molar-refractivity contribution is -0.115. The van der Waals surface area contributed by atoms with Crippen molar-refractivity contribution in [2.75, 3.05) is 16.8 Å². The summed E-state index contributed by atoms with van der Waals surface area (Å²) in [6.45, 7) is 2.08. The first kappa shape index (κ1) is 13.6. The van der Waals surface area contributed by atoms with Crippen molar-refractivity contribution in [2.45, 2.75) is 13.3 Å². The molecule has 19 heavy (non-hydrogen) atoms. The normalized spacial score (nSPS) is 10.4. The fraction of sp³-hybridized carbons (Fsp3) is 0.308. The van der Waals surface area contributed by atoms with Gasteiger partial charge in [-0.15, -0.1) is 10.2 Å². The number of carbonyl (C=O) groups excluding carboxylic acids is 1. The monoisotopic (exact) mass is 277 g/mol. The van der Waals surface area contributed by atoms with Crippen molar-refractivity contribution < 1.29 is 9.21 Å². The number of aromatic nitrogens is 2. The zero-order valence-corrected chi connectivity index (χ0v) is 11.4. The topological polar surface area (TPSA) is 68.0 Å². The molecule has 2 aromatic rings. The van der Waals surface area contributed by atoms with Gasteiger partial charge in [-0.3, -0.25) is 4.79 Å². The van der Waals surface area contributed by atoms with Crippen molar-refractivity contribution in [3.8, 4) is 11.5 Å². The van der Waals surface area contributed by atoms with Crippen LogP contribution in [0, 0.1) is 0 Å². The molecule has 0 spiro atoms. The highest BCUT2D eigenvalue weighted by atomic mass is 32.2. The van der Waals surface area contributed by atoms with E-state index in [1.54, 1.807) is 11.8 Å². The standard InChI is InChI=1S/C13H15N3O2S/c1-2-19-7-6-12(17)15-11-5-3-4-10(8-11)13-16-14-9-18-13/h3-5,8-9H,2,6-7H2,1H3,(H,15,17). The highest BCUT2D eigenvalue weighted by Crippen LogP contribution is 2.20. The fourth-order valence-electron chi connectivity index (χ4n) is 1.56. The van der Waals surface area contributed by atoms with Crippen molar-refractivity contribution in [1.29, 1.82) is 0 Å². The molecule has 0 aliphatic rings.